The van der Waals surface area contributed by atoms with E-state index in [1.54, 1.807) is 0 Å². The number of hydrogen-bond donors (Lipinski definition) is 0. The van der Waals surface area contributed by atoms with Crippen LogP contribution in [0.4, 0.5) is 26.3 Å². The van der Waals surface area contributed by atoms with Crippen LogP contribution in [-0.2, 0) is 14.9 Å². The van der Waals surface area contributed by atoms with Crippen LogP contribution in [0.1, 0.15) is 45.7 Å². The van der Waals surface area contributed by atoms with E-state index >= 15 is 0 Å². The van der Waals surface area contributed by atoms with Crippen molar-refractivity contribution in [2.45, 2.75) is 31.6 Å². The van der Waals surface area contributed by atoms with Gasteiger partial charge in [-0.05, 0) is 49.2 Å². The van der Waals surface area contributed by atoms with Gasteiger partial charge in [-0.15, -0.1) is 0 Å². The van der Waals surface area contributed by atoms with Gasteiger partial charge in [0, 0.05) is 0 Å². The normalized spacial score (nSPS) is 12.4. The SMILES string of the molecule is CCOC(=O)c1ccc(C(c2cccc(C(=O)OCC)c2)(C(F)(F)F)C(F)(F)F)cc1. The molecule has 31 heavy (non-hydrogen) atoms. The summed E-state index contributed by atoms with van der Waals surface area (Å²) in [5.41, 5.74) is -7.48. The van der Waals surface area contributed by atoms with E-state index in [1.165, 1.54) is 13.8 Å². The van der Waals surface area contributed by atoms with E-state index < -0.39 is 46.4 Å². The fourth-order valence-electron chi connectivity index (χ4n) is 3.15. The first kappa shape index (κ1) is 24.2. The molecule has 0 N–H and O–H groups in total. The molecule has 0 unspecified atom stereocenters. The van der Waals surface area contributed by atoms with Crippen molar-refractivity contribution in [3.8, 4) is 0 Å². The van der Waals surface area contributed by atoms with Crippen LogP contribution in [0.2, 0.25) is 0 Å². The average Bonchev–Trinajstić information content (AvgIpc) is 2.67. The molecule has 0 fully saturated rings. The van der Waals surface area contributed by atoms with Crippen molar-refractivity contribution in [2.24, 2.45) is 0 Å². The summed E-state index contributed by atoms with van der Waals surface area (Å²) >= 11 is 0. The summed E-state index contributed by atoms with van der Waals surface area (Å²) in [5, 5.41) is 0. The smallest absolute Gasteiger partial charge is 0.411 e. The van der Waals surface area contributed by atoms with E-state index in [0.29, 0.717) is 24.3 Å². The highest BCUT2D eigenvalue weighted by atomic mass is 19.4. The van der Waals surface area contributed by atoms with Gasteiger partial charge in [-0.1, -0.05) is 24.3 Å². The van der Waals surface area contributed by atoms with E-state index in [1.807, 2.05) is 0 Å². The van der Waals surface area contributed by atoms with Crippen LogP contribution in [0.15, 0.2) is 48.5 Å². The van der Waals surface area contributed by atoms with Crippen molar-refractivity contribution in [3.63, 3.8) is 0 Å². The van der Waals surface area contributed by atoms with E-state index in [0.717, 1.165) is 24.3 Å². The predicted octanol–water partition coefficient (Wildman–Crippen LogP) is 5.45. The number of esters is 2. The highest BCUT2D eigenvalue weighted by Gasteiger charge is 2.72. The average molecular weight is 448 g/mol. The number of hydrogen-bond acceptors (Lipinski definition) is 4. The fourth-order valence-corrected chi connectivity index (χ4v) is 3.15. The van der Waals surface area contributed by atoms with Gasteiger partial charge < -0.3 is 9.47 Å². The molecule has 10 heteroatoms. The second-order valence-electron chi connectivity index (χ2n) is 6.34. The minimum absolute atomic E-state index is 0.0176. The van der Waals surface area contributed by atoms with Crippen molar-refractivity contribution < 1.29 is 45.4 Å². The zero-order valence-electron chi connectivity index (χ0n) is 16.4. The third-order valence-electron chi connectivity index (χ3n) is 4.49. The molecule has 168 valence electrons. The molecule has 0 spiro atoms. The van der Waals surface area contributed by atoms with Crippen LogP contribution in [-0.4, -0.2) is 37.5 Å². The van der Waals surface area contributed by atoms with Crippen LogP contribution in [0.25, 0.3) is 0 Å². The Balaban J connectivity index is 2.76. The Morgan fingerprint density at radius 1 is 0.710 bits per heavy atom. The minimum atomic E-state index is -5.83. The fraction of sp³-hybridized carbons (Fsp3) is 0.333. The molecule has 0 amide bonds. The summed E-state index contributed by atoms with van der Waals surface area (Å²) in [5.74, 6) is -1.94. The maximum absolute atomic E-state index is 14.2. The van der Waals surface area contributed by atoms with Crippen molar-refractivity contribution in [1.82, 2.24) is 0 Å². The lowest BCUT2D eigenvalue weighted by Gasteiger charge is -2.38. The molecule has 0 aromatic heterocycles. The quantitative estimate of drug-likeness (QED) is 0.436. The van der Waals surface area contributed by atoms with Crippen molar-refractivity contribution >= 4 is 11.9 Å². The van der Waals surface area contributed by atoms with Crippen molar-refractivity contribution in [3.05, 3.63) is 70.8 Å². The Morgan fingerprint density at radius 2 is 1.19 bits per heavy atom. The number of alkyl halides is 6. The highest BCUT2D eigenvalue weighted by molar-refractivity contribution is 5.90. The third-order valence-corrected chi connectivity index (χ3v) is 4.49. The summed E-state index contributed by atoms with van der Waals surface area (Å²) in [6.07, 6.45) is -11.7. The zero-order chi connectivity index (χ0) is 23.4. The molecule has 0 heterocycles. The van der Waals surface area contributed by atoms with Crippen molar-refractivity contribution in [2.75, 3.05) is 13.2 Å². The lowest BCUT2D eigenvalue weighted by molar-refractivity contribution is -0.288. The lowest BCUT2D eigenvalue weighted by atomic mass is 9.72. The van der Waals surface area contributed by atoms with E-state index in [9.17, 15) is 35.9 Å². The van der Waals surface area contributed by atoms with Gasteiger partial charge in [-0.25, -0.2) is 9.59 Å². The molecule has 0 atom stereocenters. The Kier molecular flexibility index (Phi) is 7.03. The molecule has 0 saturated carbocycles. The molecule has 0 aliphatic rings. The monoisotopic (exact) mass is 448 g/mol. The maximum Gasteiger partial charge on any atom is 0.411 e. The molecule has 0 radical (unpaired) electrons. The van der Waals surface area contributed by atoms with Crippen LogP contribution < -0.4 is 0 Å². The first-order chi connectivity index (χ1) is 14.4. The van der Waals surface area contributed by atoms with Gasteiger partial charge in [0.05, 0.1) is 24.3 Å². The van der Waals surface area contributed by atoms with Gasteiger partial charge in [0.25, 0.3) is 0 Å². The number of halogens is 6. The van der Waals surface area contributed by atoms with Gasteiger partial charge >= 0.3 is 24.3 Å². The predicted molar refractivity (Wildman–Crippen MR) is 97.7 cm³/mol. The molecule has 2 aromatic carbocycles. The van der Waals surface area contributed by atoms with Crippen LogP contribution in [0.5, 0.6) is 0 Å². The molecule has 0 aliphatic heterocycles. The van der Waals surface area contributed by atoms with Crippen LogP contribution in [0, 0.1) is 0 Å². The summed E-state index contributed by atoms with van der Waals surface area (Å²) in [6, 6.07) is 5.93. The molecule has 4 nitrogen and oxygen atoms in total. The van der Waals surface area contributed by atoms with Gasteiger partial charge in [0.1, 0.15) is 0 Å². The van der Waals surface area contributed by atoms with E-state index in [-0.39, 0.29) is 18.8 Å². The Morgan fingerprint density at radius 3 is 1.65 bits per heavy atom. The number of rotatable bonds is 6. The number of ether oxygens (including phenoxy) is 2. The van der Waals surface area contributed by atoms with Crippen LogP contribution >= 0.6 is 0 Å². The van der Waals surface area contributed by atoms with Gasteiger partial charge in [0.15, 0.2) is 0 Å². The third kappa shape index (κ3) is 4.52. The second-order valence-corrected chi connectivity index (χ2v) is 6.34. The molecule has 2 rings (SSSR count). The molecule has 0 bridgehead atoms. The van der Waals surface area contributed by atoms with E-state index in [2.05, 4.69) is 4.74 Å². The maximum atomic E-state index is 14.2. The van der Waals surface area contributed by atoms with Gasteiger partial charge in [0.2, 0.25) is 5.41 Å². The van der Waals surface area contributed by atoms with Gasteiger partial charge in [-0.2, -0.15) is 26.3 Å². The Bertz CT molecular complexity index is 918. The minimum Gasteiger partial charge on any atom is -0.462 e. The Labute approximate surface area is 173 Å². The topological polar surface area (TPSA) is 52.6 Å². The first-order valence-corrected chi connectivity index (χ1v) is 9.08. The largest absolute Gasteiger partial charge is 0.462 e. The summed E-state index contributed by atoms with van der Waals surface area (Å²) in [7, 11) is 0. The number of benzene rings is 2. The standard InChI is InChI=1S/C21H18F6O4/c1-3-30-17(28)13-8-10-15(11-9-13)19(20(22,23)24,21(25,26)27)16-7-5-6-14(12-16)18(29)31-4-2/h5-12H,3-4H2,1-2H3. The zero-order valence-corrected chi connectivity index (χ0v) is 16.4. The van der Waals surface area contributed by atoms with Gasteiger partial charge in [-0.3, -0.25) is 0 Å². The van der Waals surface area contributed by atoms with Crippen LogP contribution in [0.3, 0.4) is 0 Å². The first-order valence-electron chi connectivity index (χ1n) is 9.08. The Hall–Kier alpha value is -3.04. The van der Waals surface area contributed by atoms with E-state index in [4.69, 9.17) is 4.74 Å². The molecular formula is C21H18F6O4. The number of carbonyl (C=O) groups excluding carboxylic acids is 2. The highest BCUT2D eigenvalue weighted by Crippen LogP contribution is 2.56. The molecule has 0 aliphatic carbocycles. The lowest BCUT2D eigenvalue weighted by Crippen LogP contribution is -2.54. The molecule has 2 aromatic rings. The summed E-state index contributed by atoms with van der Waals surface area (Å²) < 4.78 is 94.4. The summed E-state index contributed by atoms with van der Waals surface area (Å²) in [4.78, 5) is 23.6. The second kappa shape index (κ2) is 8.99. The summed E-state index contributed by atoms with van der Waals surface area (Å²) in [6.45, 7) is 2.82. The molecular weight excluding hydrogens is 430 g/mol. The molecule has 0 saturated heterocycles. The van der Waals surface area contributed by atoms with Crippen molar-refractivity contribution in [1.29, 1.82) is 0 Å². The number of carbonyl (C=O) groups is 2.